The fourth-order valence-electron chi connectivity index (χ4n) is 2.40. The number of carbonyl (C=O) groups excluding carboxylic acids is 1. The average Bonchev–Trinajstić information content (AvgIpc) is 2.38. The fraction of sp³-hybridized carbons (Fsp3) is 0.462. The molecule has 1 saturated heterocycles. The smallest absolute Gasteiger partial charge is 0.340 e. The van der Waals surface area contributed by atoms with E-state index in [2.05, 4.69) is 5.32 Å². The molecule has 0 spiro atoms. The van der Waals surface area contributed by atoms with Crippen LogP contribution in [0.3, 0.4) is 0 Å². The van der Waals surface area contributed by atoms with Gasteiger partial charge in [0.05, 0.1) is 12.7 Å². The lowest BCUT2D eigenvalue weighted by Gasteiger charge is -2.25. The molecule has 1 aromatic carbocycles. The number of methoxy groups -OCH3 is 1. The molecule has 4 nitrogen and oxygen atoms in total. The molecule has 1 aromatic rings. The first-order valence-corrected chi connectivity index (χ1v) is 5.91. The molecular formula is C13H18N2O2. The highest BCUT2D eigenvalue weighted by Gasteiger charge is 2.23. The number of hydrogen-bond acceptors (Lipinski definition) is 4. The molecule has 0 aliphatic carbocycles. The maximum Gasteiger partial charge on any atom is 0.340 e. The van der Waals surface area contributed by atoms with Gasteiger partial charge in [-0.3, -0.25) is 0 Å². The molecule has 0 bridgehead atoms. The van der Waals surface area contributed by atoms with E-state index in [0.717, 1.165) is 31.5 Å². The summed E-state index contributed by atoms with van der Waals surface area (Å²) in [5, 5.41) is 3.31. The minimum Gasteiger partial charge on any atom is -0.465 e. The normalized spacial score (nSPS) is 16.8. The van der Waals surface area contributed by atoms with Gasteiger partial charge in [0.25, 0.3) is 0 Å². The molecule has 1 heterocycles. The number of esters is 1. The van der Waals surface area contributed by atoms with Crippen molar-refractivity contribution in [3.05, 3.63) is 29.3 Å². The first kappa shape index (κ1) is 11.9. The largest absolute Gasteiger partial charge is 0.465 e. The van der Waals surface area contributed by atoms with Crippen LogP contribution in [0.4, 0.5) is 5.69 Å². The maximum absolute atomic E-state index is 11.8. The summed E-state index contributed by atoms with van der Waals surface area (Å²) in [6.07, 6.45) is 2.07. The van der Waals surface area contributed by atoms with Crippen molar-refractivity contribution in [3.8, 4) is 0 Å². The van der Waals surface area contributed by atoms with Crippen LogP contribution in [0.2, 0.25) is 0 Å². The Balaban J connectivity index is 2.38. The third kappa shape index (κ3) is 2.42. The van der Waals surface area contributed by atoms with E-state index in [-0.39, 0.29) is 5.97 Å². The summed E-state index contributed by atoms with van der Waals surface area (Å²) in [4.78, 5) is 11.8. The van der Waals surface area contributed by atoms with E-state index in [1.54, 1.807) is 6.07 Å². The van der Waals surface area contributed by atoms with Gasteiger partial charge in [-0.2, -0.15) is 0 Å². The van der Waals surface area contributed by atoms with Crippen molar-refractivity contribution in [1.82, 2.24) is 5.32 Å². The second-order valence-electron chi connectivity index (χ2n) is 4.33. The van der Waals surface area contributed by atoms with Crippen LogP contribution in [0.5, 0.6) is 0 Å². The van der Waals surface area contributed by atoms with E-state index in [1.807, 2.05) is 12.1 Å². The summed E-state index contributed by atoms with van der Waals surface area (Å²) in [7, 11) is 1.39. The zero-order valence-electron chi connectivity index (χ0n) is 10.0. The number of piperidine rings is 1. The minimum absolute atomic E-state index is 0.336. The number of nitrogens with one attached hydrogen (secondary N) is 1. The highest BCUT2D eigenvalue weighted by atomic mass is 16.5. The Morgan fingerprint density at radius 1 is 1.41 bits per heavy atom. The van der Waals surface area contributed by atoms with Gasteiger partial charge in [-0.1, -0.05) is 12.1 Å². The number of benzene rings is 1. The Hall–Kier alpha value is -1.55. The molecule has 3 N–H and O–H groups in total. The zero-order chi connectivity index (χ0) is 12.3. The van der Waals surface area contributed by atoms with Gasteiger partial charge in [0.15, 0.2) is 0 Å². The quantitative estimate of drug-likeness (QED) is 0.601. The number of nitrogen functional groups attached to an aromatic ring is 1. The van der Waals surface area contributed by atoms with Crippen molar-refractivity contribution in [1.29, 1.82) is 0 Å². The Morgan fingerprint density at radius 2 is 2.12 bits per heavy atom. The van der Waals surface area contributed by atoms with Gasteiger partial charge >= 0.3 is 5.97 Å². The summed E-state index contributed by atoms with van der Waals surface area (Å²) in [5.41, 5.74) is 7.97. The molecule has 1 aliphatic rings. The van der Waals surface area contributed by atoms with Crippen LogP contribution in [0.1, 0.15) is 34.7 Å². The molecule has 0 aromatic heterocycles. The Kier molecular flexibility index (Phi) is 3.64. The third-order valence-electron chi connectivity index (χ3n) is 3.30. The van der Waals surface area contributed by atoms with E-state index in [0.29, 0.717) is 17.2 Å². The first-order chi connectivity index (χ1) is 8.24. The fourth-order valence-corrected chi connectivity index (χ4v) is 2.40. The highest BCUT2D eigenvalue weighted by molar-refractivity contribution is 5.96. The van der Waals surface area contributed by atoms with Crippen LogP contribution >= 0.6 is 0 Å². The predicted molar refractivity (Wildman–Crippen MR) is 67.0 cm³/mol. The molecule has 4 heteroatoms. The van der Waals surface area contributed by atoms with E-state index in [1.165, 1.54) is 7.11 Å². The molecule has 0 saturated carbocycles. The lowest BCUT2D eigenvalue weighted by atomic mass is 9.86. The number of hydrogen-bond donors (Lipinski definition) is 2. The summed E-state index contributed by atoms with van der Waals surface area (Å²) >= 11 is 0. The zero-order valence-corrected chi connectivity index (χ0v) is 10.0. The Labute approximate surface area is 101 Å². The van der Waals surface area contributed by atoms with E-state index >= 15 is 0 Å². The summed E-state index contributed by atoms with van der Waals surface area (Å²) < 4.78 is 4.81. The van der Waals surface area contributed by atoms with Crippen molar-refractivity contribution in [2.24, 2.45) is 0 Å². The third-order valence-corrected chi connectivity index (χ3v) is 3.30. The van der Waals surface area contributed by atoms with Crippen molar-refractivity contribution < 1.29 is 9.53 Å². The minimum atomic E-state index is -0.336. The van der Waals surface area contributed by atoms with Crippen LogP contribution in [0, 0.1) is 0 Å². The molecule has 2 rings (SSSR count). The topological polar surface area (TPSA) is 64.3 Å². The van der Waals surface area contributed by atoms with Gasteiger partial charge in [-0.25, -0.2) is 4.79 Å². The highest BCUT2D eigenvalue weighted by Crippen LogP contribution is 2.31. The number of carbonyl (C=O) groups is 1. The molecule has 1 aliphatic heterocycles. The van der Waals surface area contributed by atoms with Gasteiger partial charge in [-0.05, 0) is 43.5 Å². The van der Waals surface area contributed by atoms with Crippen LogP contribution in [-0.4, -0.2) is 26.2 Å². The van der Waals surface area contributed by atoms with Crippen molar-refractivity contribution in [2.45, 2.75) is 18.8 Å². The molecule has 0 radical (unpaired) electrons. The SMILES string of the molecule is COC(=O)c1c(N)cccc1C1CCNCC1. The molecular weight excluding hydrogens is 216 g/mol. The lowest BCUT2D eigenvalue weighted by molar-refractivity contribution is 0.0600. The Bertz CT molecular complexity index is 412. The van der Waals surface area contributed by atoms with E-state index in [9.17, 15) is 4.79 Å². The van der Waals surface area contributed by atoms with Crippen molar-refractivity contribution >= 4 is 11.7 Å². The van der Waals surface area contributed by atoms with Crippen LogP contribution in [0.25, 0.3) is 0 Å². The number of rotatable bonds is 2. The number of ether oxygens (including phenoxy) is 1. The van der Waals surface area contributed by atoms with Crippen molar-refractivity contribution in [2.75, 3.05) is 25.9 Å². The molecule has 17 heavy (non-hydrogen) atoms. The second-order valence-corrected chi connectivity index (χ2v) is 4.33. The molecule has 0 unspecified atom stereocenters. The standard InChI is InChI=1S/C13H18N2O2/c1-17-13(16)12-10(3-2-4-11(12)14)9-5-7-15-8-6-9/h2-4,9,15H,5-8,14H2,1H3. The van der Waals surface area contributed by atoms with Gasteiger partial charge in [0, 0.05) is 5.69 Å². The summed E-state index contributed by atoms with van der Waals surface area (Å²) in [6.45, 7) is 1.97. The Morgan fingerprint density at radius 3 is 2.76 bits per heavy atom. The molecule has 0 atom stereocenters. The predicted octanol–water partition coefficient (Wildman–Crippen LogP) is 1.52. The summed E-state index contributed by atoms with van der Waals surface area (Å²) in [5.74, 6) is 0.0606. The monoisotopic (exact) mass is 234 g/mol. The van der Waals surface area contributed by atoms with Crippen LogP contribution < -0.4 is 11.1 Å². The number of anilines is 1. The van der Waals surface area contributed by atoms with Gasteiger partial charge in [0.1, 0.15) is 0 Å². The van der Waals surface area contributed by atoms with Gasteiger partial charge < -0.3 is 15.8 Å². The molecule has 92 valence electrons. The lowest BCUT2D eigenvalue weighted by Crippen LogP contribution is -2.27. The average molecular weight is 234 g/mol. The van der Waals surface area contributed by atoms with Gasteiger partial charge in [0.2, 0.25) is 0 Å². The van der Waals surface area contributed by atoms with Crippen LogP contribution in [-0.2, 0) is 4.74 Å². The van der Waals surface area contributed by atoms with Crippen LogP contribution in [0.15, 0.2) is 18.2 Å². The number of nitrogens with two attached hydrogens (primary N) is 1. The van der Waals surface area contributed by atoms with Crippen molar-refractivity contribution in [3.63, 3.8) is 0 Å². The van der Waals surface area contributed by atoms with E-state index < -0.39 is 0 Å². The van der Waals surface area contributed by atoms with E-state index in [4.69, 9.17) is 10.5 Å². The van der Waals surface area contributed by atoms with Gasteiger partial charge in [-0.15, -0.1) is 0 Å². The molecule has 0 amide bonds. The first-order valence-electron chi connectivity index (χ1n) is 5.91. The second kappa shape index (κ2) is 5.19. The molecule has 1 fully saturated rings. The maximum atomic E-state index is 11.8. The summed E-state index contributed by atoms with van der Waals surface area (Å²) in [6, 6.07) is 5.63.